The number of aromatic nitrogens is 4. The van der Waals surface area contributed by atoms with E-state index >= 15 is 0 Å². The Hall–Kier alpha value is -4.01. The predicted molar refractivity (Wildman–Crippen MR) is 138 cm³/mol. The van der Waals surface area contributed by atoms with Crippen molar-refractivity contribution in [2.45, 2.75) is 32.2 Å². The molecule has 9 nitrogen and oxygen atoms in total. The fourth-order valence-electron chi connectivity index (χ4n) is 5.11. The van der Waals surface area contributed by atoms with Crippen LogP contribution in [0.4, 0.5) is 5.82 Å². The smallest absolute Gasteiger partial charge is 0.328 e. The molecule has 2 heterocycles. The summed E-state index contributed by atoms with van der Waals surface area (Å²) >= 11 is 0. The summed E-state index contributed by atoms with van der Waals surface area (Å²) in [6.07, 6.45) is 3.36. The van der Waals surface area contributed by atoms with E-state index in [2.05, 4.69) is 15.5 Å². The van der Waals surface area contributed by atoms with E-state index in [9.17, 15) is 9.59 Å². The Labute approximate surface area is 209 Å². The Balaban J connectivity index is 1.20. The molecule has 0 bridgehead atoms. The van der Waals surface area contributed by atoms with E-state index in [0.29, 0.717) is 18.3 Å². The Kier molecular flexibility index (Phi) is 6.54. The summed E-state index contributed by atoms with van der Waals surface area (Å²) in [6, 6.07) is 15.2. The molecule has 0 saturated heterocycles. The summed E-state index contributed by atoms with van der Waals surface area (Å²) in [5.74, 6) is 2.35. The molecule has 2 aromatic heterocycles. The second-order valence-electron chi connectivity index (χ2n) is 9.41. The lowest BCUT2D eigenvalue weighted by Crippen LogP contribution is -2.31. The van der Waals surface area contributed by atoms with Crippen LogP contribution in [-0.2, 0) is 18.4 Å². The lowest BCUT2D eigenvalue weighted by atomic mass is 9.81. The van der Waals surface area contributed by atoms with E-state index in [1.807, 2.05) is 53.1 Å². The van der Waals surface area contributed by atoms with Gasteiger partial charge in [0.1, 0.15) is 17.3 Å². The van der Waals surface area contributed by atoms with Crippen molar-refractivity contribution < 1.29 is 14.3 Å². The SMILES string of the molecule is COc1cccc(-c2cc(NC(=O)C3CCC(Cn4c(=O)n(C)c5ccc(OC)cc54)CC3)[nH]n2)c1. The number of rotatable bonds is 7. The van der Waals surface area contributed by atoms with Gasteiger partial charge >= 0.3 is 5.69 Å². The minimum Gasteiger partial charge on any atom is -0.497 e. The quantitative estimate of drug-likeness (QED) is 0.405. The van der Waals surface area contributed by atoms with Gasteiger partial charge in [-0.05, 0) is 55.9 Å². The van der Waals surface area contributed by atoms with Gasteiger partial charge in [-0.25, -0.2) is 4.79 Å². The van der Waals surface area contributed by atoms with E-state index in [0.717, 1.165) is 59.5 Å². The number of H-pyrrole nitrogens is 1. The van der Waals surface area contributed by atoms with Crippen molar-refractivity contribution in [2.24, 2.45) is 18.9 Å². The van der Waals surface area contributed by atoms with Crippen molar-refractivity contribution >= 4 is 22.8 Å². The Morgan fingerprint density at radius 1 is 1.03 bits per heavy atom. The van der Waals surface area contributed by atoms with E-state index in [1.54, 1.807) is 25.8 Å². The number of hydrogen-bond acceptors (Lipinski definition) is 5. The summed E-state index contributed by atoms with van der Waals surface area (Å²) in [4.78, 5) is 25.8. The molecule has 1 amide bonds. The molecular weight excluding hydrogens is 458 g/mol. The van der Waals surface area contributed by atoms with E-state index in [4.69, 9.17) is 9.47 Å². The lowest BCUT2D eigenvalue weighted by molar-refractivity contribution is -0.121. The van der Waals surface area contributed by atoms with Gasteiger partial charge in [-0.15, -0.1) is 0 Å². The molecule has 9 heteroatoms. The number of methoxy groups -OCH3 is 2. The summed E-state index contributed by atoms with van der Waals surface area (Å²) in [5.41, 5.74) is 3.40. The first-order valence-electron chi connectivity index (χ1n) is 12.2. The molecule has 0 unspecified atom stereocenters. The maximum Gasteiger partial charge on any atom is 0.328 e. The van der Waals surface area contributed by atoms with Gasteiger partial charge in [-0.2, -0.15) is 5.10 Å². The Morgan fingerprint density at radius 3 is 2.53 bits per heavy atom. The molecule has 5 rings (SSSR count). The molecule has 188 valence electrons. The van der Waals surface area contributed by atoms with Crippen LogP contribution in [0.2, 0.25) is 0 Å². The van der Waals surface area contributed by atoms with Crippen LogP contribution in [0.1, 0.15) is 25.7 Å². The molecule has 1 aliphatic carbocycles. The van der Waals surface area contributed by atoms with Gasteiger partial charge in [0.15, 0.2) is 0 Å². The highest BCUT2D eigenvalue weighted by atomic mass is 16.5. The van der Waals surface area contributed by atoms with Gasteiger partial charge in [0.25, 0.3) is 0 Å². The average Bonchev–Trinajstić information content (AvgIpc) is 3.47. The molecule has 1 saturated carbocycles. The van der Waals surface area contributed by atoms with Crippen LogP contribution in [-0.4, -0.2) is 39.5 Å². The van der Waals surface area contributed by atoms with Crippen LogP contribution in [0.5, 0.6) is 11.5 Å². The number of carbonyl (C=O) groups excluding carboxylic acids is 1. The number of aromatic amines is 1. The highest BCUT2D eigenvalue weighted by Crippen LogP contribution is 2.32. The summed E-state index contributed by atoms with van der Waals surface area (Å²) in [5, 5.41) is 10.2. The molecule has 1 fully saturated rings. The number of aryl methyl sites for hydroxylation is 1. The summed E-state index contributed by atoms with van der Waals surface area (Å²) in [7, 11) is 5.05. The normalized spacial score (nSPS) is 17.8. The number of anilines is 1. The van der Waals surface area contributed by atoms with Crippen molar-refractivity contribution in [1.82, 2.24) is 19.3 Å². The second-order valence-corrected chi connectivity index (χ2v) is 9.41. The third kappa shape index (κ3) is 4.60. The zero-order valence-electron chi connectivity index (χ0n) is 20.8. The monoisotopic (exact) mass is 489 g/mol. The topological polar surface area (TPSA) is 103 Å². The standard InChI is InChI=1S/C27H31N5O4/c1-31-23-12-11-21(36-3)14-24(23)32(27(31)34)16-17-7-9-18(10-8-17)26(33)28-25-15-22(29-30-25)19-5-4-6-20(13-19)35-2/h4-6,11-15,17-18H,7-10,16H2,1-3H3,(H2,28,29,30,33). The number of fused-ring (bicyclic) bond motifs is 1. The summed E-state index contributed by atoms with van der Waals surface area (Å²) in [6.45, 7) is 0.641. The van der Waals surface area contributed by atoms with Crippen molar-refractivity contribution in [3.63, 3.8) is 0 Å². The highest BCUT2D eigenvalue weighted by Gasteiger charge is 2.28. The van der Waals surface area contributed by atoms with E-state index < -0.39 is 0 Å². The first-order chi connectivity index (χ1) is 17.5. The number of nitrogens with zero attached hydrogens (tertiary/aromatic N) is 3. The largest absolute Gasteiger partial charge is 0.497 e. The van der Waals surface area contributed by atoms with Gasteiger partial charge in [0.05, 0.1) is 30.9 Å². The molecule has 36 heavy (non-hydrogen) atoms. The van der Waals surface area contributed by atoms with Gasteiger partial charge in [-0.1, -0.05) is 12.1 Å². The average molecular weight is 490 g/mol. The third-order valence-corrected chi connectivity index (χ3v) is 7.21. The summed E-state index contributed by atoms with van der Waals surface area (Å²) < 4.78 is 14.2. The number of nitrogens with one attached hydrogen (secondary N) is 2. The molecule has 0 atom stereocenters. The molecule has 0 radical (unpaired) electrons. The molecule has 1 aliphatic rings. The van der Waals surface area contributed by atoms with Gasteiger partial charge in [0.2, 0.25) is 5.91 Å². The number of benzene rings is 2. The van der Waals surface area contributed by atoms with E-state index in [-0.39, 0.29) is 17.5 Å². The number of imidazole rings is 1. The fraction of sp³-hybridized carbons (Fsp3) is 0.370. The molecule has 0 spiro atoms. The van der Waals surface area contributed by atoms with Crippen molar-refractivity contribution in [3.8, 4) is 22.8 Å². The minimum atomic E-state index is -0.0610. The van der Waals surface area contributed by atoms with Crippen molar-refractivity contribution in [2.75, 3.05) is 19.5 Å². The molecule has 2 N–H and O–H groups in total. The number of hydrogen-bond donors (Lipinski definition) is 2. The van der Waals surface area contributed by atoms with Crippen LogP contribution < -0.4 is 20.5 Å². The third-order valence-electron chi connectivity index (χ3n) is 7.21. The Bertz CT molecular complexity index is 1440. The minimum absolute atomic E-state index is 0.00126. The number of carbonyl (C=O) groups is 1. The van der Waals surface area contributed by atoms with E-state index in [1.165, 1.54) is 0 Å². The molecule has 0 aliphatic heterocycles. The first-order valence-corrected chi connectivity index (χ1v) is 12.2. The molecule has 4 aromatic rings. The van der Waals surface area contributed by atoms with Gasteiger partial charge in [0, 0.05) is 37.2 Å². The maximum atomic E-state index is 12.9. The van der Waals surface area contributed by atoms with Crippen LogP contribution >= 0.6 is 0 Å². The zero-order valence-corrected chi connectivity index (χ0v) is 20.8. The zero-order chi connectivity index (χ0) is 25.2. The van der Waals surface area contributed by atoms with Gasteiger partial charge < -0.3 is 14.8 Å². The van der Waals surface area contributed by atoms with Crippen LogP contribution in [0, 0.1) is 11.8 Å². The fourth-order valence-corrected chi connectivity index (χ4v) is 5.11. The lowest BCUT2D eigenvalue weighted by Gasteiger charge is -2.27. The number of ether oxygens (including phenoxy) is 2. The van der Waals surface area contributed by atoms with Crippen LogP contribution in [0.15, 0.2) is 53.3 Å². The number of amides is 1. The van der Waals surface area contributed by atoms with Crippen LogP contribution in [0.3, 0.4) is 0 Å². The van der Waals surface area contributed by atoms with Crippen molar-refractivity contribution in [1.29, 1.82) is 0 Å². The predicted octanol–water partition coefficient (Wildman–Crippen LogP) is 4.19. The first kappa shape index (κ1) is 23.7. The highest BCUT2D eigenvalue weighted by molar-refractivity contribution is 5.92. The van der Waals surface area contributed by atoms with Crippen molar-refractivity contribution in [3.05, 3.63) is 59.0 Å². The van der Waals surface area contributed by atoms with Crippen LogP contribution in [0.25, 0.3) is 22.3 Å². The van der Waals surface area contributed by atoms with Gasteiger partial charge in [-0.3, -0.25) is 19.0 Å². The molecule has 2 aromatic carbocycles. The molecular formula is C27H31N5O4. The maximum absolute atomic E-state index is 12.9. The second kappa shape index (κ2) is 9.93. The Morgan fingerprint density at radius 2 is 1.78 bits per heavy atom.